The normalized spacial score (nSPS) is 10.5. The first-order valence-electron chi connectivity index (χ1n) is 4.94. The summed E-state index contributed by atoms with van der Waals surface area (Å²) in [6.45, 7) is 2.13. The van der Waals surface area contributed by atoms with Crippen molar-refractivity contribution in [1.29, 1.82) is 0 Å². The van der Waals surface area contributed by atoms with E-state index in [2.05, 4.69) is 10.3 Å². The number of aromatic nitrogens is 1. The van der Waals surface area contributed by atoms with Crippen LogP contribution in [-0.2, 0) is 9.47 Å². The number of carbonyl (C=O) groups excluding carboxylic acids is 1. The van der Waals surface area contributed by atoms with Gasteiger partial charge in [-0.15, -0.1) is 0 Å². The van der Waals surface area contributed by atoms with Crippen molar-refractivity contribution >= 4 is 5.91 Å². The third-order valence-electron chi connectivity index (χ3n) is 2.18. The maximum Gasteiger partial charge on any atom is 0.270 e. The number of pyridine rings is 1. The van der Waals surface area contributed by atoms with Crippen molar-refractivity contribution in [3.63, 3.8) is 0 Å². The number of ether oxygens (including phenoxy) is 2. The van der Waals surface area contributed by atoms with Gasteiger partial charge < -0.3 is 14.8 Å². The summed E-state index contributed by atoms with van der Waals surface area (Å²) in [6, 6.07) is 3.63. The van der Waals surface area contributed by atoms with Crippen molar-refractivity contribution in [2.24, 2.45) is 0 Å². The molecular formula is C11H16N2O3. The van der Waals surface area contributed by atoms with Gasteiger partial charge in [0.25, 0.3) is 5.91 Å². The van der Waals surface area contributed by atoms with E-state index in [1.54, 1.807) is 12.3 Å². The molecule has 16 heavy (non-hydrogen) atoms. The molecule has 1 heterocycles. The van der Waals surface area contributed by atoms with Gasteiger partial charge in [-0.1, -0.05) is 6.07 Å². The number of carbonyl (C=O) groups is 1. The van der Waals surface area contributed by atoms with Crippen LogP contribution in [0.25, 0.3) is 0 Å². The summed E-state index contributed by atoms with van der Waals surface area (Å²) in [6.07, 6.45) is 1.15. The molecule has 0 spiro atoms. The molecule has 0 saturated heterocycles. The van der Waals surface area contributed by atoms with Crippen molar-refractivity contribution in [2.45, 2.75) is 13.2 Å². The minimum atomic E-state index is -0.437. The molecular weight excluding hydrogens is 208 g/mol. The summed E-state index contributed by atoms with van der Waals surface area (Å²) >= 11 is 0. The van der Waals surface area contributed by atoms with E-state index in [1.807, 2.05) is 13.0 Å². The maximum absolute atomic E-state index is 11.7. The van der Waals surface area contributed by atoms with Crippen LogP contribution in [0.2, 0.25) is 0 Å². The van der Waals surface area contributed by atoms with Crippen molar-refractivity contribution in [1.82, 2.24) is 10.3 Å². The lowest BCUT2D eigenvalue weighted by Crippen LogP contribution is -2.34. The molecule has 0 saturated carbocycles. The summed E-state index contributed by atoms with van der Waals surface area (Å²) < 4.78 is 9.92. The largest absolute Gasteiger partial charge is 0.354 e. The van der Waals surface area contributed by atoms with Crippen LogP contribution in [-0.4, -0.2) is 37.9 Å². The average molecular weight is 224 g/mol. The van der Waals surface area contributed by atoms with Crippen LogP contribution in [0.5, 0.6) is 0 Å². The van der Waals surface area contributed by atoms with Crippen LogP contribution in [0.1, 0.15) is 16.1 Å². The van der Waals surface area contributed by atoms with E-state index in [0.29, 0.717) is 12.2 Å². The molecule has 0 radical (unpaired) electrons. The first kappa shape index (κ1) is 12.6. The van der Waals surface area contributed by atoms with Gasteiger partial charge in [-0.3, -0.25) is 9.78 Å². The standard InChI is InChI=1S/C11H16N2O3/c1-8-5-4-6-12-10(8)11(14)13-7-9(15-2)16-3/h4-6,9H,7H2,1-3H3,(H,13,14). The number of aryl methyl sites for hydroxylation is 1. The van der Waals surface area contributed by atoms with E-state index in [1.165, 1.54) is 14.2 Å². The number of amides is 1. The summed E-state index contributed by atoms with van der Waals surface area (Å²) in [4.78, 5) is 15.7. The molecule has 1 aromatic heterocycles. The molecule has 1 rings (SSSR count). The molecule has 0 aromatic carbocycles. The topological polar surface area (TPSA) is 60.5 Å². The van der Waals surface area contributed by atoms with Crippen molar-refractivity contribution in [3.05, 3.63) is 29.6 Å². The first-order chi connectivity index (χ1) is 7.69. The number of methoxy groups -OCH3 is 2. The Morgan fingerprint density at radius 1 is 1.50 bits per heavy atom. The van der Waals surface area contributed by atoms with E-state index in [4.69, 9.17) is 9.47 Å². The van der Waals surface area contributed by atoms with Crippen LogP contribution in [0.3, 0.4) is 0 Å². The van der Waals surface area contributed by atoms with Crippen molar-refractivity contribution < 1.29 is 14.3 Å². The Balaban J connectivity index is 2.56. The molecule has 0 bridgehead atoms. The minimum Gasteiger partial charge on any atom is -0.354 e. The van der Waals surface area contributed by atoms with E-state index in [9.17, 15) is 4.79 Å². The Bertz CT molecular complexity index is 351. The third kappa shape index (κ3) is 3.29. The highest BCUT2D eigenvalue weighted by atomic mass is 16.7. The zero-order chi connectivity index (χ0) is 12.0. The fourth-order valence-corrected chi connectivity index (χ4v) is 1.25. The van der Waals surface area contributed by atoms with Crippen LogP contribution < -0.4 is 5.32 Å². The second-order valence-corrected chi connectivity index (χ2v) is 3.28. The van der Waals surface area contributed by atoms with Gasteiger partial charge in [-0.2, -0.15) is 0 Å². The summed E-state index contributed by atoms with van der Waals surface area (Å²) in [5.41, 5.74) is 1.26. The molecule has 5 heteroatoms. The van der Waals surface area contributed by atoms with Crippen LogP contribution in [0.15, 0.2) is 18.3 Å². The number of nitrogens with zero attached hydrogens (tertiary/aromatic N) is 1. The molecule has 5 nitrogen and oxygen atoms in total. The van der Waals surface area contributed by atoms with Crippen LogP contribution >= 0.6 is 0 Å². The number of rotatable bonds is 5. The van der Waals surface area contributed by atoms with Crippen LogP contribution in [0.4, 0.5) is 0 Å². The van der Waals surface area contributed by atoms with E-state index < -0.39 is 6.29 Å². The summed E-state index contributed by atoms with van der Waals surface area (Å²) in [5.74, 6) is -0.225. The highest BCUT2D eigenvalue weighted by molar-refractivity contribution is 5.93. The molecule has 1 N–H and O–H groups in total. The van der Waals surface area contributed by atoms with Gasteiger partial charge in [-0.05, 0) is 18.6 Å². The lowest BCUT2D eigenvalue weighted by atomic mass is 10.2. The smallest absolute Gasteiger partial charge is 0.270 e. The van der Waals surface area contributed by atoms with Gasteiger partial charge in [0.1, 0.15) is 5.69 Å². The van der Waals surface area contributed by atoms with E-state index >= 15 is 0 Å². The first-order valence-corrected chi connectivity index (χ1v) is 4.94. The average Bonchev–Trinajstić information content (AvgIpc) is 2.30. The van der Waals surface area contributed by atoms with Crippen molar-refractivity contribution in [3.8, 4) is 0 Å². The molecule has 0 atom stereocenters. The molecule has 0 unspecified atom stereocenters. The van der Waals surface area contributed by atoms with Crippen molar-refractivity contribution in [2.75, 3.05) is 20.8 Å². The second kappa shape index (κ2) is 6.19. The lowest BCUT2D eigenvalue weighted by Gasteiger charge is -2.14. The minimum absolute atomic E-state index is 0.225. The molecule has 1 amide bonds. The summed E-state index contributed by atoms with van der Waals surface area (Å²) in [7, 11) is 3.04. The molecule has 0 fully saturated rings. The Kier molecular flexibility index (Phi) is 4.88. The van der Waals surface area contributed by atoms with Gasteiger partial charge in [0.2, 0.25) is 0 Å². The van der Waals surface area contributed by atoms with E-state index in [-0.39, 0.29) is 5.91 Å². The lowest BCUT2D eigenvalue weighted by molar-refractivity contribution is -0.0974. The van der Waals surface area contributed by atoms with E-state index in [0.717, 1.165) is 5.56 Å². The second-order valence-electron chi connectivity index (χ2n) is 3.28. The van der Waals surface area contributed by atoms with Gasteiger partial charge in [-0.25, -0.2) is 0 Å². The predicted octanol–water partition coefficient (Wildman–Crippen LogP) is 0.739. The molecule has 0 aliphatic rings. The summed E-state index contributed by atoms with van der Waals surface area (Å²) in [5, 5.41) is 2.69. The Hall–Kier alpha value is -1.46. The number of hydrogen-bond acceptors (Lipinski definition) is 4. The number of nitrogens with one attached hydrogen (secondary N) is 1. The highest BCUT2D eigenvalue weighted by Crippen LogP contribution is 2.02. The molecule has 0 aliphatic carbocycles. The molecule has 0 aliphatic heterocycles. The van der Waals surface area contributed by atoms with Crippen LogP contribution in [0, 0.1) is 6.92 Å². The zero-order valence-electron chi connectivity index (χ0n) is 9.69. The predicted molar refractivity (Wildman–Crippen MR) is 59.1 cm³/mol. The van der Waals surface area contributed by atoms with Gasteiger partial charge in [0.05, 0.1) is 6.54 Å². The zero-order valence-corrected chi connectivity index (χ0v) is 9.69. The van der Waals surface area contributed by atoms with Gasteiger partial charge in [0.15, 0.2) is 6.29 Å². The molecule has 88 valence electrons. The fraction of sp³-hybridized carbons (Fsp3) is 0.455. The maximum atomic E-state index is 11.7. The highest BCUT2D eigenvalue weighted by Gasteiger charge is 2.12. The molecule has 1 aromatic rings. The van der Waals surface area contributed by atoms with Gasteiger partial charge in [0, 0.05) is 20.4 Å². The monoisotopic (exact) mass is 224 g/mol. The van der Waals surface area contributed by atoms with Gasteiger partial charge >= 0.3 is 0 Å². The fourth-order valence-electron chi connectivity index (χ4n) is 1.25. The third-order valence-corrected chi connectivity index (χ3v) is 2.18. The quantitative estimate of drug-likeness (QED) is 0.749. The number of hydrogen-bond donors (Lipinski definition) is 1. The SMILES string of the molecule is COC(CNC(=O)c1ncccc1C)OC. The Morgan fingerprint density at radius 2 is 2.19 bits per heavy atom. The Morgan fingerprint density at radius 3 is 2.75 bits per heavy atom. The Labute approximate surface area is 94.8 Å².